The number of hydrogen-bond acceptors (Lipinski definition) is 3. The van der Waals surface area contributed by atoms with Crippen molar-refractivity contribution in [3.8, 4) is 0 Å². The molecule has 17 heavy (non-hydrogen) atoms. The molecule has 1 unspecified atom stereocenters. The van der Waals surface area contributed by atoms with Crippen LogP contribution in [0.4, 0.5) is 0 Å². The van der Waals surface area contributed by atoms with Gasteiger partial charge in [0.1, 0.15) is 0 Å². The van der Waals surface area contributed by atoms with E-state index in [4.69, 9.17) is 10.8 Å². The molecule has 0 aliphatic rings. The molecule has 0 radical (unpaired) electrons. The summed E-state index contributed by atoms with van der Waals surface area (Å²) in [5, 5.41) is 13.4. The maximum Gasteiger partial charge on any atom is 0.308 e. The molecule has 1 aromatic heterocycles. The largest absolute Gasteiger partial charge is 0.481 e. The van der Waals surface area contributed by atoms with Gasteiger partial charge in [0.05, 0.1) is 11.6 Å². The number of rotatable bonds is 4. The topological polar surface area (TPSA) is 81.1 Å². The van der Waals surface area contributed by atoms with E-state index in [1.165, 1.54) is 0 Å². The standard InChI is InChI=1S/C12H21N3O2/c1-12(2,3)10-9(7-15(4)14-10)5-8(6-13)11(16)17/h7-8H,5-6,13H2,1-4H3,(H,16,17). The van der Waals surface area contributed by atoms with E-state index < -0.39 is 11.9 Å². The highest BCUT2D eigenvalue weighted by atomic mass is 16.4. The maximum atomic E-state index is 11.0. The van der Waals surface area contributed by atoms with Gasteiger partial charge in [-0.2, -0.15) is 5.10 Å². The molecular formula is C12H21N3O2. The third-order valence-corrected chi connectivity index (χ3v) is 2.72. The number of nitrogens with two attached hydrogens (primary N) is 1. The SMILES string of the molecule is Cn1cc(CC(CN)C(=O)O)c(C(C)(C)C)n1. The minimum absolute atomic E-state index is 0.0890. The Morgan fingerprint density at radius 3 is 2.59 bits per heavy atom. The van der Waals surface area contributed by atoms with Gasteiger partial charge < -0.3 is 10.8 Å². The number of carboxylic acid groups (broad SMARTS) is 1. The van der Waals surface area contributed by atoms with E-state index in [9.17, 15) is 4.79 Å². The zero-order valence-electron chi connectivity index (χ0n) is 10.9. The van der Waals surface area contributed by atoms with Crippen molar-refractivity contribution >= 4 is 5.97 Å². The van der Waals surface area contributed by atoms with E-state index >= 15 is 0 Å². The lowest BCUT2D eigenvalue weighted by Gasteiger charge is -2.18. The van der Waals surface area contributed by atoms with Gasteiger partial charge in [-0.1, -0.05) is 20.8 Å². The fourth-order valence-electron chi connectivity index (χ4n) is 1.86. The van der Waals surface area contributed by atoms with Crippen LogP contribution in [-0.2, 0) is 23.7 Å². The lowest BCUT2D eigenvalue weighted by atomic mass is 9.87. The maximum absolute atomic E-state index is 11.0. The van der Waals surface area contributed by atoms with Crippen LogP contribution in [0.1, 0.15) is 32.0 Å². The number of aromatic nitrogens is 2. The van der Waals surface area contributed by atoms with Crippen LogP contribution in [0.5, 0.6) is 0 Å². The van der Waals surface area contributed by atoms with Gasteiger partial charge in [0.2, 0.25) is 0 Å². The molecule has 0 spiro atoms. The molecule has 1 aromatic rings. The molecule has 0 fully saturated rings. The molecule has 0 amide bonds. The lowest BCUT2D eigenvalue weighted by molar-refractivity contribution is -0.141. The zero-order chi connectivity index (χ0) is 13.2. The minimum atomic E-state index is -0.851. The molecule has 1 rings (SSSR count). The molecule has 0 saturated heterocycles. The summed E-state index contributed by atoms with van der Waals surface area (Å²) in [5.41, 5.74) is 7.30. The predicted octanol–water partition coefficient (Wildman–Crippen LogP) is 0.920. The monoisotopic (exact) mass is 239 g/mol. The van der Waals surface area contributed by atoms with Crippen molar-refractivity contribution in [3.63, 3.8) is 0 Å². The van der Waals surface area contributed by atoms with Crippen LogP contribution in [0, 0.1) is 5.92 Å². The van der Waals surface area contributed by atoms with Crippen LogP contribution in [0.2, 0.25) is 0 Å². The van der Waals surface area contributed by atoms with Crippen molar-refractivity contribution in [2.75, 3.05) is 6.54 Å². The third kappa shape index (κ3) is 3.30. The highest BCUT2D eigenvalue weighted by Crippen LogP contribution is 2.25. The summed E-state index contributed by atoms with van der Waals surface area (Å²) < 4.78 is 1.73. The normalized spacial score (nSPS) is 13.7. The molecule has 0 aliphatic heterocycles. The van der Waals surface area contributed by atoms with Crippen LogP contribution >= 0.6 is 0 Å². The number of aryl methyl sites for hydroxylation is 1. The van der Waals surface area contributed by atoms with Crippen molar-refractivity contribution in [2.45, 2.75) is 32.6 Å². The molecular weight excluding hydrogens is 218 g/mol. The van der Waals surface area contributed by atoms with Crippen LogP contribution in [0.25, 0.3) is 0 Å². The van der Waals surface area contributed by atoms with E-state index in [0.29, 0.717) is 6.42 Å². The lowest BCUT2D eigenvalue weighted by Crippen LogP contribution is -2.26. The molecule has 3 N–H and O–H groups in total. The van der Waals surface area contributed by atoms with Crippen LogP contribution in [0.3, 0.4) is 0 Å². The van der Waals surface area contributed by atoms with Crippen LogP contribution in [-0.4, -0.2) is 27.4 Å². The Hall–Kier alpha value is -1.36. The van der Waals surface area contributed by atoms with Gasteiger partial charge >= 0.3 is 5.97 Å². The first kappa shape index (κ1) is 13.7. The van der Waals surface area contributed by atoms with E-state index in [1.54, 1.807) is 4.68 Å². The highest BCUT2D eigenvalue weighted by Gasteiger charge is 2.25. The van der Waals surface area contributed by atoms with Crippen molar-refractivity contribution in [1.29, 1.82) is 0 Å². The van der Waals surface area contributed by atoms with Crippen molar-refractivity contribution < 1.29 is 9.90 Å². The van der Waals surface area contributed by atoms with E-state index in [0.717, 1.165) is 11.3 Å². The van der Waals surface area contributed by atoms with E-state index in [1.807, 2.05) is 13.2 Å². The second-order valence-corrected chi connectivity index (χ2v) is 5.40. The summed E-state index contributed by atoms with van der Waals surface area (Å²) in [6, 6.07) is 0. The molecule has 1 atom stereocenters. The molecule has 1 heterocycles. The zero-order valence-corrected chi connectivity index (χ0v) is 10.9. The fraction of sp³-hybridized carbons (Fsp3) is 0.667. The Kier molecular flexibility index (Phi) is 3.93. The average Bonchev–Trinajstić information content (AvgIpc) is 2.55. The first-order valence-electron chi connectivity index (χ1n) is 5.71. The predicted molar refractivity (Wildman–Crippen MR) is 65.8 cm³/mol. The third-order valence-electron chi connectivity index (χ3n) is 2.72. The average molecular weight is 239 g/mol. The quantitative estimate of drug-likeness (QED) is 0.818. The fourth-order valence-corrected chi connectivity index (χ4v) is 1.86. The molecule has 5 heteroatoms. The van der Waals surface area contributed by atoms with Gasteiger partial charge in [0.15, 0.2) is 0 Å². The Labute approximate surface area is 102 Å². The summed E-state index contributed by atoms with van der Waals surface area (Å²) in [6.07, 6.45) is 2.32. The Bertz CT molecular complexity index is 404. The van der Waals surface area contributed by atoms with Crippen molar-refractivity contribution in [3.05, 3.63) is 17.5 Å². The molecule has 0 bridgehead atoms. The van der Waals surface area contributed by atoms with Crippen LogP contribution in [0.15, 0.2) is 6.20 Å². The number of hydrogen-bond donors (Lipinski definition) is 2. The van der Waals surface area contributed by atoms with Gasteiger partial charge in [0, 0.05) is 25.2 Å². The smallest absolute Gasteiger partial charge is 0.308 e. The first-order chi connectivity index (χ1) is 7.75. The summed E-state index contributed by atoms with van der Waals surface area (Å²) in [4.78, 5) is 11.0. The number of carboxylic acids is 1. The van der Waals surface area contributed by atoms with Gasteiger partial charge in [-0.15, -0.1) is 0 Å². The molecule has 0 aromatic carbocycles. The second-order valence-electron chi connectivity index (χ2n) is 5.40. The van der Waals surface area contributed by atoms with Gasteiger partial charge in [-0.3, -0.25) is 9.48 Å². The van der Waals surface area contributed by atoms with Crippen molar-refractivity contribution in [2.24, 2.45) is 18.7 Å². The molecule has 0 aliphatic carbocycles. The summed E-state index contributed by atoms with van der Waals surface area (Å²) in [7, 11) is 1.84. The van der Waals surface area contributed by atoms with E-state index in [2.05, 4.69) is 25.9 Å². The van der Waals surface area contributed by atoms with Crippen molar-refractivity contribution in [1.82, 2.24) is 9.78 Å². The minimum Gasteiger partial charge on any atom is -0.481 e. The summed E-state index contributed by atoms with van der Waals surface area (Å²) in [5.74, 6) is -1.39. The highest BCUT2D eigenvalue weighted by molar-refractivity contribution is 5.70. The summed E-state index contributed by atoms with van der Waals surface area (Å²) >= 11 is 0. The number of aliphatic carboxylic acids is 1. The molecule has 5 nitrogen and oxygen atoms in total. The van der Waals surface area contributed by atoms with Gasteiger partial charge in [0.25, 0.3) is 0 Å². The van der Waals surface area contributed by atoms with Gasteiger partial charge in [-0.05, 0) is 12.0 Å². The summed E-state index contributed by atoms with van der Waals surface area (Å²) in [6.45, 7) is 6.35. The van der Waals surface area contributed by atoms with Crippen LogP contribution < -0.4 is 5.73 Å². The number of nitrogens with zero attached hydrogens (tertiary/aromatic N) is 2. The first-order valence-corrected chi connectivity index (χ1v) is 5.71. The molecule has 0 saturated carbocycles. The van der Waals surface area contributed by atoms with E-state index in [-0.39, 0.29) is 12.0 Å². The Morgan fingerprint density at radius 2 is 2.18 bits per heavy atom. The Balaban J connectivity index is 3.02. The second kappa shape index (κ2) is 4.87. The Morgan fingerprint density at radius 1 is 1.59 bits per heavy atom. The molecule has 96 valence electrons. The number of carbonyl (C=O) groups is 1. The van der Waals surface area contributed by atoms with Gasteiger partial charge in [-0.25, -0.2) is 0 Å².